The third-order valence-electron chi connectivity index (χ3n) is 3.35. The van der Waals surface area contributed by atoms with E-state index < -0.39 is 0 Å². The lowest BCUT2D eigenvalue weighted by molar-refractivity contribution is -0.139. The summed E-state index contributed by atoms with van der Waals surface area (Å²) in [5.74, 6) is 0.228. The molecule has 0 aromatic rings. The van der Waals surface area contributed by atoms with Gasteiger partial charge in [-0.2, -0.15) is 0 Å². The Labute approximate surface area is 96.0 Å². The summed E-state index contributed by atoms with van der Waals surface area (Å²) in [5.41, 5.74) is 0. The molecule has 0 bridgehead atoms. The van der Waals surface area contributed by atoms with Gasteiger partial charge in [0.05, 0.1) is 6.54 Å². The zero-order valence-corrected chi connectivity index (χ0v) is 9.81. The third kappa shape index (κ3) is 2.52. The number of likely N-dealkylation sites (N-methyl/N-ethyl adjacent to an activating group) is 1. The number of carbonyl (C=O) groups excluding carboxylic acids is 2. The van der Waals surface area contributed by atoms with Crippen molar-refractivity contribution in [2.75, 3.05) is 46.3 Å². The molecule has 2 aliphatic heterocycles. The summed E-state index contributed by atoms with van der Waals surface area (Å²) < 4.78 is 0. The quantitative estimate of drug-likeness (QED) is 0.629. The van der Waals surface area contributed by atoms with Gasteiger partial charge in [0, 0.05) is 39.1 Å². The van der Waals surface area contributed by atoms with Gasteiger partial charge in [0.15, 0.2) is 0 Å². The molecule has 2 amide bonds. The molecule has 0 N–H and O–H groups in total. The Balaban J connectivity index is 1.81. The largest absolute Gasteiger partial charge is 0.339 e. The molecule has 2 rings (SSSR count). The van der Waals surface area contributed by atoms with Gasteiger partial charge in [-0.05, 0) is 13.5 Å². The van der Waals surface area contributed by atoms with Crippen molar-refractivity contribution in [2.24, 2.45) is 0 Å². The van der Waals surface area contributed by atoms with Crippen LogP contribution in [-0.2, 0) is 9.59 Å². The van der Waals surface area contributed by atoms with Crippen molar-refractivity contribution in [3.8, 4) is 0 Å². The van der Waals surface area contributed by atoms with Crippen LogP contribution in [0.15, 0.2) is 0 Å². The summed E-state index contributed by atoms with van der Waals surface area (Å²) in [5, 5.41) is 0. The normalized spacial score (nSPS) is 22.9. The molecule has 0 unspecified atom stereocenters. The van der Waals surface area contributed by atoms with E-state index in [1.54, 1.807) is 4.90 Å². The van der Waals surface area contributed by atoms with Crippen LogP contribution in [0.25, 0.3) is 0 Å². The number of carbonyl (C=O) groups is 2. The van der Waals surface area contributed by atoms with Crippen LogP contribution in [0.5, 0.6) is 0 Å². The van der Waals surface area contributed by atoms with Crippen molar-refractivity contribution >= 4 is 11.8 Å². The van der Waals surface area contributed by atoms with Crippen LogP contribution in [0.4, 0.5) is 0 Å². The van der Waals surface area contributed by atoms with E-state index in [-0.39, 0.29) is 18.4 Å². The van der Waals surface area contributed by atoms with E-state index in [1.165, 1.54) is 0 Å². The molecule has 2 aliphatic rings. The molecule has 0 spiro atoms. The zero-order valence-electron chi connectivity index (χ0n) is 9.81. The van der Waals surface area contributed by atoms with E-state index in [1.807, 2.05) is 4.90 Å². The molecule has 0 radical (unpaired) electrons. The summed E-state index contributed by atoms with van der Waals surface area (Å²) in [6, 6.07) is 0. The second kappa shape index (κ2) is 4.82. The number of amides is 2. The van der Waals surface area contributed by atoms with Crippen LogP contribution in [0.1, 0.15) is 12.8 Å². The van der Waals surface area contributed by atoms with Crippen LogP contribution in [0, 0.1) is 0 Å². The van der Waals surface area contributed by atoms with E-state index in [0.29, 0.717) is 6.42 Å². The fourth-order valence-corrected chi connectivity index (χ4v) is 2.19. The monoisotopic (exact) mass is 225 g/mol. The summed E-state index contributed by atoms with van der Waals surface area (Å²) in [6.07, 6.45) is 1.50. The van der Waals surface area contributed by atoms with Gasteiger partial charge in [-0.1, -0.05) is 0 Å². The lowest BCUT2D eigenvalue weighted by Crippen LogP contribution is -2.50. The van der Waals surface area contributed by atoms with Gasteiger partial charge >= 0.3 is 0 Å². The number of piperazine rings is 1. The van der Waals surface area contributed by atoms with Crippen molar-refractivity contribution in [1.82, 2.24) is 14.7 Å². The molecule has 0 atom stereocenters. The van der Waals surface area contributed by atoms with Gasteiger partial charge in [0.25, 0.3) is 0 Å². The van der Waals surface area contributed by atoms with E-state index in [0.717, 1.165) is 39.1 Å². The van der Waals surface area contributed by atoms with Crippen molar-refractivity contribution in [3.63, 3.8) is 0 Å². The van der Waals surface area contributed by atoms with Crippen LogP contribution in [-0.4, -0.2) is 72.8 Å². The molecule has 2 heterocycles. The minimum atomic E-state index is 0.100. The lowest BCUT2D eigenvalue weighted by atomic mass is 10.3. The Morgan fingerprint density at radius 1 is 1.19 bits per heavy atom. The average molecular weight is 225 g/mol. The number of rotatable bonds is 2. The predicted molar refractivity (Wildman–Crippen MR) is 59.9 cm³/mol. The number of hydrogen-bond acceptors (Lipinski definition) is 3. The van der Waals surface area contributed by atoms with E-state index in [9.17, 15) is 9.59 Å². The highest BCUT2D eigenvalue weighted by Crippen LogP contribution is 2.10. The smallest absolute Gasteiger partial charge is 0.242 e. The van der Waals surface area contributed by atoms with E-state index in [4.69, 9.17) is 0 Å². The highest BCUT2D eigenvalue weighted by molar-refractivity contribution is 5.85. The second-order valence-electron chi connectivity index (χ2n) is 4.60. The molecule has 2 saturated heterocycles. The van der Waals surface area contributed by atoms with Crippen molar-refractivity contribution in [2.45, 2.75) is 12.8 Å². The standard InChI is InChI=1S/C11H19N3O2/c1-12-5-7-13(8-6-12)11(16)9-14-4-2-3-10(14)15/h2-9H2,1H3. The highest BCUT2D eigenvalue weighted by atomic mass is 16.2. The first-order valence-corrected chi connectivity index (χ1v) is 5.91. The third-order valence-corrected chi connectivity index (χ3v) is 3.35. The first-order chi connectivity index (χ1) is 7.66. The first-order valence-electron chi connectivity index (χ1n) is 5.91. The molecule has 0 aromatic carbocycles. The zero-order chi connectivity index (χ0) is 11.5. The molecule has 16 heavy (non-hydrogen) atoms. The molecule has 2 fully saturated rings. The maximum atomic E-state index is 11.9. The Morgan fingerprint density at radius 3 is 2.44 bits per heavy atom. The van der Waals surface area contributed by atoms with Crippen molar-refractivity contribution < 1.29 is 9.59 Å². The number of hydrogen-bond donors (Lipinski definition) is 0. The van der Waals surface area contributed by atoms with E-state index in [2.05, 4.69) is 11.9 Å². The first kappa shape index (κ1) is 11.4. The highest BCUT2D eigenvalue weighted by Gasteiger charge is 2.26. The minimum absolute atomic E-state index is 0.100. The Bertz CT molecular complexity index is 285. The predicted octanol–water partition coefficient (Wildman–Crippen LogP) is -0.617. The molecule has 0 aromatic heterocycles. The summed E-state index contributed by atoms with van der Waals surface area (Å²) in [7, 11) is 2.06. The maximum Gasteiger partial charge on any atom is 0.242 e. The van der Waals surface area contributed by atoms with Gasteiger partial charge in [-0.25, -0.2) is 0 Å². The van der Waals surface area contributed by atoms with Crippen LogP contribution in [0.2, 0.25) is 0 Å². The molecule has 5 heteroatoms. The number of likely N-dealkylation sites (tertiary alicyclic amines) is 1. The molecule has 0 aliphatic carbocycles. The average Bonchev–Trinajstić information content (AvgIpc) is 2.65. The summed E-state index contributed by atoms with van der Waals surface area (Å²) in [4.78, 5) is 29.1. The fraction of sp³-hybridized carbons (Fsp3) is 0.818. The Hall–Kier alpha value is -1.10. The van der Waals surface area contributed by atoms with Gasteiger partial charge < -0.3 is 14.7 Å². The van der Waals surface area contributed by atoms with Crippen molar-refractivity contribution in [3.05, 3.63) is 0 Å². The molecular weight excluding hydrogens is 206 g/mol. The van der Waals surface area contributed by atoms with E-state index >= 15 is 0 Å². The van der Waals surface area contributed by atoms with Gasteiger partial charge in [-0.15, -0.1) is 0 Å². The van der Waals surface area contributed by atoms with Crippen molar-refractivity contribution in [1.29, 1.82) is 0 Å². The minimum Gasteiger partial charge on any atom is -0.339 e. The second-order valence-corrected chi connectivity index (χ2v) is 4.60. The fourth-order valence-electron chi connectivity index (χ4n) is 2.19. The summed E-state index contributed by atoms with van der Waals surface area (Å²) in [6.45, 7) is 4.47. The maximum absolute atomic E-state index is 11.9. The van der Waals surface area contributed by atoms with Gasteiger partial charge in [0.2, 0.25) is 11.8 Å². The van der Waals surface area contributed by atoms with Crippen LogP contribution < -0.4 is 0 Å². The molecule has 0 saturated carbocycles. The topological polar surface area (TPSA) is 43.9 Å². The van der Waals surface area contributed by atoms with Gasteiger partial charge in [-0.3, -0.25) is 9.59 Å². The Morgan fingerprint density at radius 2 is 1.88 bits per heavy atom. The van der Waals surface area contributed by atoms with Crippen LogP contribution >= 0.6 is 0 Å². The molecule has 90 valence electrons. The summed E-state index contributed by atoms with van der Waals surface area (Å²) >= 11 is 0. The molecule has 5 nitrogen and oxygen atoms in total. The van der Waals surface area contributed by atoms with Crippen LogP contribution in [0.3, 0.4) is 0 Å². The SMILES string of the molecule is CN1CCN(C(=O)CN2CCCC2=O)CC1. The molecular formula is C11H19N3O2. The van der Waals surface area contributed by atoms with Gasteiger partial charge in [0.1, 0.15) is 0 Å². The lowest BCUT2D eigenvalue weighted by Gasteiger charge is -2.33. The number of nitrogens with zero attached hydrogens (tertiary/aromatic N) is 3. The Kier molecular flexibility index (Phi) is 3.43.